The van der Waals surface area contributed by atoms with Crippen LogP contribution in [0, 0.1) is 0 Å². The van der Waals surface area contributed by atoms with E-state index in [2.05, 4.69) is 24.8 Å². The first-order chi connectivity index (χ1) is 15.3. The molecule has 2 saturated heterocycles. The lowest BCUT2D eigenvalue weighted by Gasteiger charge is -2.23. The Morgan fingerprint density at radius 2 is 1.36 bits per heavy atom. The first-order valence-electron chi connectivity index (χ1n) is 11.4. The Bertz CT molecular complexity index is 1140. The Kier molecular flexibility index (Phi) is 8.75. The van der Waals surface area contributed by atoms with Crippen LogP contribution in [0.2, 0.25) is 0 Å². The molecule has 33 heavy (non-hydrogen) atoms. The van der Waals surface area contributed by atoms with Gasteiger partial charge >= 0.3 is 0 Å². The summed E-state index contributed by atoms with van der Waals surface area (Å²) in [5, 5.41) is 13.5. The van der Waals surface area contributed by atoms with Crippen LogP contribution >= 0.6 is 24.8 Å². The summed E-state index contributed by atoms with van der Waals surface area (Å²) >= 11 is 0. The number of benzene rings is 2. The zero-order valence-electron chi connectivity index (χ0n) is 18.7. The molecule has 2 aromatic carbocycles. The molecule has 0 radical (unpaired) electrons. The number of likely N-dealkylation sites (tertiary alicyclic amines) is 2. The standard InChI is InChI=1S/C25H29N5O.2ClH/c31-24-15-21(28-18-30-11-5-2-6-12-30)14-23-25(24)22-8-7-20(13-19(22)16-26-23)27-17-29-9-3-1-4-10-29;;/h7-8,13-18,31H,1-6,9-12H2;2*1H. The number of rotatable bonds is 4. The number of aromatic nitrogens is 1. The van der Waals surface area contributed by atoms with E-state index in [-0.39, 0.29) is 30.6 Å². The average molecular weight is 488 g/mol. The van der Waals surface area contributed by atoms with Gasteiger partial charge in [0.2, 0.25) is 0 Å². The maximum atomic E-state index is 10.8. The molecule has 2 aliphatic rings. The van der Waals surface area contributed by atoms with Crippen molar-refractivity contribution in [3.8, 4) is 5.75 Å². The van der Waals surface area contributed by atoms with Gasteiger partial charge in [0.05, 0.1) is 35.0 Å². The fraction of sp³-hybridized carbons (Fsp3) is 0.400. The first kappa shape index (κ1) is 25.1. The van der Waals surface area contributed by atoms with E-state index in [4.69, 9.17) is 0 Å². The summed E-state index contributed by atoms with van der Waals surface area (Å²) in [7, 11) is 0. The summed E-state index contributed by atoms with van der Waals surface area (Å²) in [5.74, 6) is 0.214. The van der Waals surface area contributed by atoms with Gasteiger partial charge < -0.3 is 14.9 Å². The van der Waals surface area contributed by atoms with Crippen LogP contribution < -0.4 is 0 Å². The van der Waals surface area contributed by atoms with E-state index in [0.29, 0.717) is 0 Å². The molecule has 0 amide bonds. The Balaban J connectivity index is 0.00000153. The zero-order chi connectivity index (χ0) is 21.0. The van der Waals surface area contributed by atoms with Crippen molar-refractivity contribution in [1.82, 2.24) is 14.8 Å². The largest absolute Gasteiger partial charge is 0.507 e. The predicted octanol–water partition coefficient (Wildman–Crippen LogP) is 6.23. The number of piperidine rings is 2. The minimum absolute atomic E-state index is 0. The number of phenolic OH excluding ortho intramolecular Hbond substituents is 1. The fourth-order valence-corrected chi connectivity index (χ4v) is 4.52. The van der Waals surface area contributed by atoms with Gasteiger partial charge in [-0.15, -0.1) is 24.8 Å². The summed E-state index contributed by atoms with van der Waals surface area (Å²) in [5.41, 5.74) is 2.38. The normalized spacial score (nSPS) is 17.0. The quantitative estimate of drug-likeness (QED) is 0.269. The molecule has 3 heterocycles. The highest BCUT2D eigenvalue weighted by molar-refractivity contribution is 6.10. The summed E-state index contributed by atoms with van der Waals surface area (Å²) in [4.78, 5) is 18.4. The van der Waals surface area contributed by atoms with Crippen LogP contribution in [0.3, 0.4) is 0 Å². The van der Waals surface area contributed by atoms with Gasteiger partial charge in [0.1, 0.15) is 5.75 Å². The highest BCUT2D eigenvalue weighted by Crippen LogP contribution is 2.35. The summed E-state index contributed by atoms with van der Waals surface area (Å²) in [6.45, 7) is 4.27. The van der Waals surface area contributed by atoms with E-state index in [1.54, 1.807) is 6.07 Å². The number of hydrogen-bond acceptors (Lipinski definition) is 4. The van der Waals surface area contributed by atoms with Crippen molar-refractivity contribution in [2.45, 2.75) is 38.5 Å². The molecule has 0 unspecified atom stereocenters. The highest BCUT2D eigenvalue weighted by atomic mass is 35.5. The molecular weight excluding hydrogens is 457 g/mol. The van der Waals surface area contributed by atoms with Crippen molar-refractivity contribution < 1.29 is 5.11 Å². The monoisotopic (exact) mass is 487 g/mol. The van der Waals surface area contributed by atoms with Gasteiger partial charge in [-0.1, -0.05) is 6.07 Å². The number of fused-ring (bicyclic) bond motifs is 3. The molecule has 3 aromatic rings. The van der Waals surface area contributed by atoms with Gasteiger partial charge in [0, 0.05) is 43.8 Å². The zero-order valence-corrected chi connectivity index (χ0v) is 20.3. The second kappa shape index (κ2) is 11.5. The number of phenols is 1. The van der Waals surface area contributed by atoms with Crippen molar-refractivity contribution in [3.05, 3.63) is 36.5 Å². The van der Waals surface area contributed by atoms with Gasteiger partial charge in [-0.25, -0.2) is 9.98 Å². The van der Waals surface area contributed by atoms with E-state index < -0.39 is 0 Å². The van der Waals surface area contributed by atoms with Gasteiger partial charge in [0.15, 0.2) is 0 Å². The van der Waals surface area contributed by atoms with E-state index >= 15 is 0 Å². The molecule has 2 aliphatic heterocycles. The van der Waals surface area contributed by atoms with Crippen molar-refractivity contribution in [1.29, 1.82) is 0 Å². The van der Waals surface area contributed by atoms with Crippen molar-refractivity contribution in [2.24, 2.45) is 9.98 Å². The molecule has 1 N–H and O–H groups in total. The van der Waals surface area contributed by atoms with Gasteiger partial charge in [0.25, 0.3) is 0 Å². The second-order valence-corrected chi connectivity index (χ2v) is 8.57. The van der Waals surface area contributed by atoms with Gasteiger partial charge in [-0.2, -0.15) is 0 Å². The lowest BCUT2D eigenvalue weighted by Crippen LogP contribution is -2.27. The maximum absolute atomic E-state index is 10.8. The van der Waals surface area contributed by atoms with E-state index in [0.717, 1.165) is 59.2 Å². The number of aromatic hydroxyl groups is 1. The Morgan fingerprint density at radius 1 is 0.758 bits per heavy atom. The molecule has 0 spiro atoms. The summed E-state index contributed by atoms with van der Waals surface area (Å²) < 4.78 is 0. The van der Waals surface area contributed by atoms with Crippen LogP contribution in [0.5, 0.6) is 5.75 Å². The van der Waals surface area contributed by atoms with E-state index in [9.17, 15) is 5.11 Å². The smallest absolute Gasteiger partial charge is 0.127 e. The van der Waals surface area contributed by atoms with Gasteiger partial charge in [-0.3, -0.25) is 4.98 Å². The second-order valence-electron chi connectivity index (χ2n) is 8.57. The molecule has 0 atom stereocenters. The van der Waals surface area contributed by atoms with Gasteiger partial charge in [-0.05, 0) is 62.1 Å². The SMILES string of the molecule is Cl.Cl.Oc1cc(N=CN2CCCCC2)cc2ncc3cc(N=CN4CCCCC4)ccc3c12. The molecule has 6 nitrogen and oxygen atoms in total. The molecule has 0 aliphatic carbocycles. The van der Waals surface area contributed by atoms with Crippen molar-refractivity contribution in [3.63, 3.8) is 0 Å². The Morgan fingerprint density at radius 3 is 2.00 bits per heavy atom. The van der Waals surface area contributed by atoms with Crippen molar-refractivity contribution >= 4 is 70.5 Å². The number of pyridine rings is 1. The van der Waals surface area contributed by atoms with Crippen LogP contribution in [-0.2, 0) is 0 Å². The number of halogens is 2. The minimum Gasteiger partial charge on any atom is -0.507 e. The Labute approximate surface area is 207 Å². The van der Waals surface area contributed by atoms with Crippen LogP contribution in [0.15, 0.2) is 46.5 Å². The molecule has 1 aromatic heterocycles. The van der Waals surface area contributed by atoms with Crippen LogP contribution in [0.4, 0.5) is 11.4 Å². The minimum atomic E-state index is 0. The summed E-state index contributed by atoms with van der Waals surface area (Å²) in [6.07, 6.45) is 13.2. The molecular formula is C25H31Cl2N5O. The predicted molar refractivity (Wildman–Crippen MR) is 143 cm³/mol. The van der Waals surface area contributed by atoms with Crippen LogP contribution in [0.25, 0.3) is 21.7 Å². The molecule has 176 valence electrons. The third kappa shape index (κ3) is 5.87. The average Bonchev–Trinajstić information content (AvgIpc) is 2.82. The van der Waals surface area contributed by atoms with Crippen molar-refractivity contribution in [2.75, 3.05) is 26.2 Å². The lowest BCUT2D eigenvalue weighted by atomic mass is 10.0. The topological polar surface area (TPSA) is 64.3 Å². The molecule has 8 heteroatoms. The van der Waals surface area contributed by atoms with E-state index in [1.165, 1.54) is 38.5 Å². The lowest BCUT2D eigenvalue weighted by molar-refractivity contribution is 0.351. The van der Waals surface area contributed by atoms with Crippen LogP contribution in [-0.4, -0.2) is 58.7 Å². The molecule has 5 rings (SSSR count). The first-order valence-corrected chi connectivity index (χ1v) is 11.4. The third-order valence-corrected chi connectivity index (χ3v) is 6.25. The summed E-state index contributed by atoms with van der Waals surface area (Å²) in [6, 6.07) is 9.73. The molecule has 0 bridgehead atoms. The number of aliphatic imine (C=N–C) groups is 2. The molecule has 2 fully saturated rings. The molecule has 0 saturated carbocycles. The number of hydrogen-bond donors (Lipinski definition) is 1. The fourth-order valence-electron chi connectivity index (χ4n) is 4.52. The van der Waals surface area contributed by atoms with Crippen LogP contribution in [0.1, 0.15) is 38.5 Å². The number of nitrogens with zero attached hydrogens (tertiary/aromatic N) is 5. The third-order valence-electron chi connectivity index (χ3n) is 6.25. The maximum Gasteiger partial charge on any atom is 0.127 e. The van der Waals surface area contributed by atoms with E-state index in [1.807, 2.05) is 43.1 Å². The highest BCUT2D eigenvalue weighted by Gasteiger charge is 2.11. The Hall–Kier alpha value is -2.57.